The van der Waals surface area contributed by atoms with Crippen LogP contribution in [0.3, 0.4) is 0 Å². The third kappa shape index (κ3) is 2.33. The van der Waals surface area contributed by atoms with Gasteiger partial charge in [0.15, 0.2) is 0 Å². The fourth-order valence-corrected chi connectivity index (χ4v) is 2.04. The second kappa shape index (κ2) is 4.94. The van der Waals surface area contributed by atoms with Gasteiger partial charge in [-0.1, -0.05) is 48.5 Å². The molecule has 0 saturated carbocycles. The van der Waals surface area contributed by atoms with Gasteiger partial charge in [-0.15, -0.1) is 0 Å². The number of benzene rings is 2. The molecule has 0 unspecified atom stereocenters. The first-order chi connectivity index (χ1) is 9.34. The molecular formula is C15H13N3O. The summed E-state index contributed by atoms with van der Waals surface area (Å²) in [5, 5.41) is 4.13. The fraction of sp³-hybridized carbons (Fsp3) is 0.0667. The Morgan fingerprint density at radius 3 is 2.26 bits per heavy atom. The van der Waals surface area contributed by atoms with Crippen molar-refractivity contribution in [1.82, 2.24) is 5.43 Å². The van der Waals surface area contributed by atoms with Crippen molar-refractivity contribution in [2.75, 3.05) is 11.4 Å². The molecule has 94 valence electrons. The summed E-state index contributed by atoms with van der Waals surface area (Å²) in [6.45, 7) is 0.472. The molecule has 0 radical (unpaired) electrons. The summed E-state index contributed by atoms with van der Waals surface area (Å²) in [7, 11) is 0. The summed E-state index contributed by atoms with van der Waals surface area (Å²) in [4.78, 5) is 13.6. The van der Waals surface area contributed by atoms with Gasteiger partial charge in [-0.25, -0.2) is 10.2 Å². The largest absolute Gasteiger partial charge is 0.342 e. The van der Waals surface area contributed by atoms with Crippen LogP contribution in [-0.4, -0.2) is 18.3 Å². The van der Waals surface area contributed by atoms with E-state index < -0.39 is 0 Å². The summed E-state index contributed by atoms with van der Waals surface area (Å²) in [5.74, 6) is 0. The first-order valence-electron chi connectivity index (χ1n) is 6.09. The predicted molar refractivity (Wildman–Crippen MR) is 75.3 cm³/mol. The van der Waals surface area contributed by atoms with Crippen LogP contribution in [0.15, 0.2) is 65.8 Å². The molecule has 0 bridgehead atoms. The highest BCUT2D eigenvalue weighted by Crippen LogP contribution is 2.16. The van der Waals surface area contributed by atoms with Gasteiger partial charge in [-0.2, -0.15) is 5.10 Å². The molecule has 2 aromatic carbocycles. The van der Waals surface area contributed by atoms with Crippen LogP contribution in [0.2, 0.25) is 0 Å². The first-order valence-corrected chi connectivity index (χ1v) is 6.09. The summed E-state index contributed by atoms with van der Waals surface area (Å²) >= 11 is 0. The van der Waals surface area contributed by atoms with Crippen LogP contribution in [0.1, 0.15) is 5.56 Å². The average molecular weight is 251 g/mol. The van der Waals surface area contributed by atoms with E-state index in [0.29, 0.717) is 6.54 Å². The topological polar surface area (TPSA) is 44.7 Å². The molecule has 3 rings (SSSR count). The number of carbonyl (C=O) groups is 1. The summed E-state index contributed by atoms with van der Waals surface area (Å²) in [6.07, 6.45) is 0. The smallest absolute Gasteiger partial charge is 0.287 e. The van der Waals surface area contributed by atoms with Crippen LogP contribution in [0, 0.1) is 0 Å². The molecule has 0 aromatic heterocycles. The number of amides is 2. The lowest BCUT2D eigenvalue weighted by Crippen LogP contribution is -2.46. The molecule has 0 atom stereocenters. The third-order valence-corrected chi connectivity index (χ3v) is 3.01. The third-order valence-electron chi connectivity index (χ3n) is 3.01. The molecule has 0 fully saturated rings. The van der Waals surface area contributed by atoms with Gasteiger partial charge in [0, 0.05) is 5.69 Å². The SMILES string of the molecule is O=C1NN=C(c2ccccc2)CN1c1ccccc1. The molecule has 2 amide bonds. The molecule has 4 heteroatoms. The second-order valence-corrected chi connectivity index (χ2v) is 4.26. The minimum absolute atomic E-state index is 0.203. The van der Waals surface area contributed by atoms with Crippen LogP contribution >= 0.6 is 0 Å². The monoisotopic (exact) mass is 251 g/mol. The zero-order chi connectivity index (χ0) is 13.1. The maximum atomic E-state index is 11.9. The van der Waals surface area contributed by atoms with E-state index in [0.717, 1.165) is 17.0 Å². The zero-order valence-electron chi connectivity index (χ0n) is 10.3. The molecule has 2 aromatic rings. The highest BCUT2D eigenvalue weighted by atomic mass is 16.2. The van der Waals surface area contributed by atoms with Gasteiger partial charge >= 0.3 is 6.03 Å². The Labute approximate surface area is 111 Å². The van der Waals surface area contributed by atoms with Crippen LogP contribution < -0.4 is 10.3 Å². The minimum atomic E-state index is -0.203. The Morgan fingerprint density at radius 2 is 1.58 bits per heavy atom. The number of nitrogens with one attached hydrogen (secondary N) is 1. The predicted octanol–water partition coefficient (Wildman–Crippen LogP) is 2.62. The van der Waals surface area contributed by atoms with E-state index in [1.54, 1.807) is 4.90 Å². The van der Waals surface area contributed by atoms with Gasteiger partial charge in [-0.3, -0.25) is 4.90 Å². The number of anilines is 1. The van der Waals surface area contributed by atoms with Crippen LogP contribution in [0.25, 0.3) is 0 Å². The van der Waals surface area contributed by atoms with Crippen molar-refractivity contribution in [3.8, 4) is 0 Å². The molecule has 0 aliphatic carbocycles. The molecule has 1 aliphatic heterocycles. The zero-order valence-corrected chi connectivity index (χ0v) is 10.3. The number of rotatable bonds is 2. The molecular weight excluding hydrogens is 238 g/mol. The van der Waals surface area contributed by atoms with E-state index in [-0.39, 0.29) is 6.03 Å². The van der Waals surface area contributed by atoms with E-state index >= 15 is 0 Å². The molecule has 1 N–H and O–H groups in total. The Balaban J connectivity index is 1.90. The number of urea groups is 1. The number of hydrogen-bond donors (Lipinski definition) is 1. The van der Waals surface area contributed by atoms with Gasteiger partial charge in [0.05, 0.1) is 12.3 Å². The molecule has 0 saturated heterocycles. The van der Waals surface area contributed by atoms with Gasteiger partial charge in [0.2, 0.25) is 0 Å². The number of hydrazone groups is 1. The van der Waals surface area contributed by atoms with E-state index in [1.165, 1.54) is 0 Å². The summed E-state index contributed by atoms with van der Waals surface area (Å²) in [6, 6.07) is 19.2. The normalized spacial score (nSPS) is 14.8. The van der Waals surface area contributed by atoms with Crippen molar-refractivity contribution in [3.05, 3.63) is 66.2 Å². The van der Waals surface area contributed by atoms with Crippen molar-refractivity contribution >= 4 is 17.4 Å². The quantitative estimate of drug-likeness (QED) is 0.876. The molecule has 1 heterocycles. The maximum absolute atomic E-state index is 11.9. The van der Waals surface area contributed by atoms with Gasteiger partial charge in [0.25, 0.3) is 0 Å². The highest BCUT2D eigenvalue weighted by Gasteiger charge is 2.22. The summed E-state index contributed by atoms with van der Waals surface area (Å²) < 4.78 is 0. The van der Waals surface area contributed by atoms with Gasteiger partial charge < -0.3 is 0 Å². The van der Waals surface area contributed by atoms with E-state index in [9.17, 15) is 4.79 Å². The van der Waals surface area contributed by atoms with Crippen molar-refractivity contribution in [3.63, 3.8) is 0 Å². The van der Waals surface area contributed by atoms with Crippen LogP contribution in [0.5, 0.6) is 0 Å². The van der Waals surface area contributed by atoms with E-state index in [2.05, 4.69) is 10.5 Å². The number of nitrogens with zero attached hydrogens (tertiary/aromatic N) is 2. The summed E-state index contributed by atoms with van der Waals surface area (Å²) in [5.41, 5.74) is 5.29. The highest BCUT2D eigenvalue weighted by molar-refractivity contribution is 6.10. The standard InChI is InChI=1S/C15H13N3O/c19-15-17-16-14(12-7-3-1-4-8-12)11-18(15)13-9-5-2-6-10-13/h1-10H,11H2,(H,17,19). The Bertz CT molecular complexity index is 608. The van der Waals surface area contributed by atoms with Gasteiger partial charge in [0.1, 0.15) is 0 Å². The van der Waals surface area contributed by atoms with E-state index in [1.807, 2.05) is 60.7 Å². The Morgan fingerprint density at radius 1 is 0.947 bits per heavy atom. The lowest BCUT2D eigenvalue weighted by molar-refractivity contribution is 0.246. The Hall–Kier alpha value is -2.62. The van der Waals surface area contributed by atoms with Crippen molar-refractivity contribution < 1.29 is 4.79 Å². The second-order valence-electron chi connectivity index (χ2n) is 4.26. The average Bonchev–Trinajstić information content (AvgIpc) is 2.49. The number of para-hydroxylation sites is 1. The molecule has 4 nitrogen and oxygen atoms in total. The van der Waals surface area contributed by atoms with Crippen molar-refractivity contribution in [1.29, 1.82) is 0 Å². The lowest BCUT2D eigenvalue weighted by atomic mass is 10.1. The van der Waals surface area contributed by atoms with Crippen molar-refractivity contribution in [2.45, 2.75) is 0 Å². The molecule has 1 aliphatic rings. The van der Waals surface area contributed by atoms with Crippen LogP contribution in [0.4, 0.5) is 10.5 Å². The molecule has 0 spiro atoms. The number of carbonyl (C=O) groups excluding carboxylic acids is 1. The molecule has 19 heavy (non-hydrogen) atoms. The van der Waals surface area contributed by atoms with Crippen LogP contribution in [-0.2, 0) is 0 Å². The van der Waals surface area contributed by atoms with Gasteiger partial charge in [-0.05, 0) is 17.7 Å². The first kappa shape index (κ1) is 11.5. The maximum Gasteiger partial charge on any atom is 0.342 e. The van der Waals surface area contributed by atoms with E-state index in [4.69, 9.17) is 0 Å². The minimum Gasteiger partial charge on any atom is -0.287 e. The fourth-order valence-electron chi connectivity index (χ4n) is 2.04. The Kier molecular flexibility index (Phi) is 2.98. The lowest BCUT2D eigenvalue weighted by Gasteiger charge is -2.26. The number of hydrogen-bond acceptors (Lipinski definition) is 2. The van der Waals surface area contributed by atoms with Crippen molar-refractivity contribution in [2.24, 2.45) is 5.10 Å².